The lowest BCUT2D eigenvalue weighted by molar-refractivity contribution is 0.324. The largest absolute Gasteiger partial charge is 0.363 e. The third-order valence-corrected chi connectivity index (χ3v) is 1.78. The van der Waals surface area contributed by atoms with Gasteiger partial charge in [-0.05, 0) is 19.1 Å². The molecule has 10 heavy (non-hydrogen) atoms. The second-order valence-electron chi connectivity index (χ2n) is 2.73. The van der Waals surface area contributed by atoms with Gasteiger partial charge in [-0.25, -0.2) is 0 Å². The van der Waals surface area contributed by atoms with E-state index in [1.165, 1.54) is 0 Å². The van der Waals surface area contributed by atoms with Gasteiger partial charge in [0.2, 0.25) is 0 Å². The van der Waals surface area contributed by atoms with Crippen LogP contribution >= 0.6 is 0 Å². The fraction of sp³-hybridized carbons (Fsp3) is 0.375. The summed E-state index contributed by atoms with van der Waals surface area (Å²) in [5.41, 5.74) is 0.969. The standard InChI is InChI=1S/C8H9NO/c1-8(6-10-8)7-4-2-3-5-9-7/h2-5H,6H2,1H3/t8-/m0/s1. The molecule has 0 bridgehead atoms. The molecule has 0 unspecified atom stereocenters. The van der Waals surface area contributed by atoms with Crippen molar-refractivity contribution in [3.8, 4) is 0 Å². The van der Waals surface area contributed by atoms with Crippen LogP contribution in [-0.4, -0.2) is 11.6 Å². The van der Waals surface area contributed by atoms with Gasteiger partial charge in [0, 0.05) is 6.20 Å². The average Bonchev–Trinajstić information content (AvgIpc) is 2.72. The molecule has 1 aliphatic rings. The Balaban J connectivity index is 2.35. The molecule has 1 atom stereocenters. The quantitative estimate of drug-likeness (QED) is 0.543. The molecule has 2 nitrogen and oxygen atoms in total. The molecular weight excluding hydrogens is 126 g/mol. The first kappa shape index (κ1) is 5.86. The molecular formula is C8H9NO. The average molecular weight is 135 g/mol. The summed E-state index contributed by atoms with van der Waals surface area (Å²) in [4.78, 5) is 4.19. The number of ether oxygens (including phenoxy) is 1. The molecule has 1 aromatic heterocycles. The van der Waals surface area contributed by atoms with Crippen molar-refractivity contribution in [1.29, 1.82) is 0 Å². The van der Waals surface area contributed by atoms with Crippen LogP contribution in [0.25, 0.3) is 0 Å². The topological polar surface area (TPSA) is 25.4 Å². The zero-order valence-electron chi connectivity index (χ0n) is 5.87. The number of pyridine rings is 1. The van der Waals surface area contributed by atoms with Crippen molar-refractivity contribution in [1.82, 2.24) is 4.98 Å². The molecule has 0 saturated carbocycles. The molecule has 0 amide bonds. The van der Waals surface area contributed by atoms with Gasteiger partial charge in [0.05, 0.1) is 12.3 Å². The Morgan fingerprint density at radius 1 is 1.60 bits per heavy atom. The third-order valence-electron chi connectivity index (χ3n) is 1.78. The fourth-order valence-corrected chi connectivity index (χ4v) is 0.932. The number of nitrogens with zero attached hydrogens (tertiary/aromatic N) is 1. The molecule has 0 spiro atoms. The minimum atomic E-state index is -0.0682. The molecule has 1 fully saturated rings. The number of hydrogen-bond donors (Lipinski definition) is 0. The first-order chi connectivity index (χ1) is 4.81. The maximum absolute atomic E-state index is 5.22. The number of epoxide rings is 1. The van der Waals surface area contributed by atoms with E-state index in [1.54, 1.807) is 6.20 Å². The SMILES string of the molecule is C[C@@]1(c2ccccn2)CO1. The van der Waals surface area contributed by atoms with E-state index in [0.717, 1.165) is 12.3 Å². The van der Waals surface area contributed by atoms with E-state index >= 15 is 0 Å². The minimum Gasteiger partial charge on any atom is -0.363 e. The van der Waals surface area contributed by atoms with Crippen LogP contribution < -0.4 is 0 Å². The minimum absolute atomic E-state index is 0.0682. The van der Waals surface area contributed by atoms with Gasteiger partial charge in [-0.2, -0.15) is 0 Å². The van der Waals surface area contributed by atoms with Crippen LogP contribution in [0.5, 0.6) is 0 Å². The molecule has 0 N–H and O–H groups in total. The zero-order chi connectivity index (χ0) is 7.03. The fourth-order valence-electron chi connectivity index (χ4n) is 0.932. The van der Waals surface area contributed by atoms with E-state index < -0.39 is 0 Å². The van der Waals surface area contributed by atoms with Crippen LogP contribution in [0.3, 0.4) is 0 Å². The highest BCUT2D eigenvalue weighted by molar-refractivity contribution is 5.16. The molecule has 2 rings (SSSR count). The molecule has 1 aromatic rings. The van der Waals surface area contributed by atoms with Crippen LogP contribution in [-0.2, 0) is 10.3 Å². The number of aromatic nitrogens is 1. The van der Waals surface area contributed by atoms with Gasteiger partial charge >= 0.3 is 0 Å². The van der Waals surface area contributed by atoms with Gasteiger partial charge in [0.25, 0.3) is 0 Å². The van der Waals surface area contributed by atoms with E-state index in [9.17, 15) is 0 Å². The molecule has 0 radical (unpaired) electrons. The number of rotatable bonds is 1. The smallest absolute Gasteiger partial charge is 0.130 e. The highest BCUT2D eigenvalue weighted by atomic mass is 16.6. The van der Waals surface area contributed by atoms with Gasteiger partial charge in [0.1, 0.15) is 5.60 Å². The summed E-state index contributed by atoms with van der Waals surface area (Å²) in [5.74, 6) is 0. The first-order valence-corrected chi connectivity index (χ1v) is 3.37. The molecule has 0 aromatic carbocycles. The van der Waals surface area contributed by atoms with Crippen molar-refractivity contribution >= 4 is 0 Å². The second-order valence-corrected chi connectivity index (χ2v) is 2.73. The zero-order valence-corrected chi connectivity index (χ0v) is 5.87. The monoisotopic (exact) mass is 135 g/mol. The van der Waals surface area contributed by atoms with E-state index in [4.69, 9.17) is 4.74 Å². The van der Waals surface area contributed by atoms with Crippen LogP contribution in [0.4, 0.5) is 0 Å². The van der Waals surface area contributed by atoms with Crippen molar-refractivity contribution in [2.45, 2.75) is 12.5 Å². The molecule has 2 heteroatoms. The normalized spacial score (nSPS) is 30.1. The van der Waals surface area contributed by atoms with E-state index in [0.29, 0.717) is 0 Å². The van der Waals surface area contributed by atoms with Crippen LogP contribution in [0.15, 0.2) is 24.4 Å². The Bertz CT molecular complexity index is 228. The van der Waals surface area contributed by atoms with Gasteiger partial charge in [-0.3, -0.25) is 4.98 Å². The Labute approximate surface area is 59.9 Å². The second kappa shape index (κ2) is 1.80. The van der Waals surface area contributed by atoms with Crippen molar-refractivity contribution < 1.29 is 4.74 Å². The van der Waals surface area contributed by atoms with Crippen molar-refractivity contribution in [2.75, 3.05) is 6.61 Å². The van der Waals surface area contributed by atoms with Crippen molar-refractivity contribution in [3.05, 3.63) is 30.1 Å². The Kier molecular flexibility index (Phi) is 1.05. The molecule has 0 aliphatic carbocycles. The summed E-state index contributed by atoms with van der Waals surface area (Å²) in [6.07, 6.45) is 1.79. The van der Waals surface area contributed by atoms with E-state index in [1.807, 2.05) is 18.2 Å². The van der Waals surface area contributed by atoms with E-state index in [-0.39, 0.29) is 5.60 Å². The highest BCUT2D eigenvalue weighted by Crippen LogP contribution is 2.35. The predicted octanol–water partition coefficient (Wildman–Crippen LogP) is 1.33. The van der Waals surface area contributed by atoms with Crippen LogP contribution in [0.2, 0.25) is 0 Å². The summed E-state index contributed by atoms with van der Waals surface area (Å²) in [6, 6.07) is 5.89. The van der Waals surface area contributed by atoms with Crippen molar-refractivity contribution in [2.24, 2.45) is 0 Å². The summed E-state index contributed by atoms with van der Waals surface area (Å²) in [7, 11) is 0. The Hall–Kier alpha value is -0.890. The van der Waals surface area contributed by atoms with Gasteiger partial charge in [-0.1, -0.05) is 6.07 Å². The lowest BCUT2D eigenvalue weighted by Gasteiger charge is -2.01. The van der Waals surface area contributed by atoms with Gasteiger partial charge < -0.3 is 4.74 Å². The Morgan fingerprint density at radius 3 is 2.90 bits per heavy atom. The maximum atomic E-state index is 5.22. The molecule has 1 saturated heterocycles. The molecule has 52 valence electrons. The number of hydrogen-bond acceptors (Lipinski definition) is 2. The van der Waals surface area contributed by atoms with E-state index in [2.05, 4.69) is 11.9 Å². The third kappa shape index (κ3) is 0.809. The van der Waals surface area contributed by atoms with Gasteiger partial charge in [-0.15, -0.1) is 0 Å². The lowest BCUT2D eigenvalue weighted by Crippen LogP contribution is -2.03. The first-order valence-electron chi connectivity index (χ1n) is 3.37. The highest BCUT2D eigenvalue weighted by Gasteiger charge is 2.42. The van der Waals surface area contributed by atoms with Crippen LogP contribution in [0.1, 0.15) is 12.6 Å². The summed E-state index contributed by atoms with van der Waals surface area (Å²) in [5, 5.41) is 0. The maximum Gasteiger partial charge on any atom is 0.130 e. The van der Waals surface area contributed by atoms with Crippen LogP contribution in [0, 0.1) is 0 Å². The lowest BCUT2D eigenvalue weighted by atomic mass is 10.1. The van der Waals surface area contributed by atoms with Gasteiger partial charge in [0.15, 0.2) is 0 Å². The molecule has 1 aliphatic heterocycles. The summed E-state index contributed by atoms with van der Waals surface area (Å²) in [6.45, 7) is 2.86. The summed E-state index contributed by atoms with van der Waals surface area (Å²) >= 11 is 0. The Morgan fingerprint density at radius 2 is 2.40 bits per heavy atom. The predicted molar refractivity (Wildman–Crippen MR) is 37.5 cm³/mol. The van der Waals surface area contributed by atoms with Crippen molar-refractivity contribution in [3.63, 3.8) is 0 Å². The summed E-state index contributed by atoms with van der Waals surface area (Å²) < 4.78 is 5.22. The molecule has 2 heterocycles.